The smallest absolute Gasteiger partial charge is 0.323 e. The first kappa shape index (κ1) is 7.35. The van der Waals surface area contributed by atoms with Crippen LogP contribution in [-0.2, 0) is 4.79 Å². The number of aliphatic carboxylic acids is 1. The van der Waals surface area contributed by atoms with Gasteiger partial charge in [0.15, 0.2) is 0 Å². The third kappa shape index (κ3) is 1.87. The van der Waals surface area contributed by atoms with Crippen LogP contribution in [0.4, 0.5) is 0 Å². The van der Waals surface area contributed by atoms with E-state index < -0.39 is 18.2 Å². The van der Waals surface area contributed by atoms with Crippen molar-refractivity contribution in [3.8, 4) is 0 Å². The van der Waals surface area contributed by atoms with Crippen LogP contribution < -0.4 is 17.2 Å². The fourth-order valence-corrected chi connectivity index (χ4v) is 0.165. The Morgan fingerprint density at radius 3 is 1.75 bits per heavy atom. The third-order valence-electron chi connectivity index (χ3n) is 0.700. The molecule has 1 unspecified atom stereocenters. The highest BCUT2D eigenvalue weighted by atomic mass is 16.4. The maximum atomic E-state index is 9.86. The van der Waals surface area contributed by atoms with Crippen LogP contribution in [0.15, 0.2) is 0 Å². The van der Waals surface area contributed by atoms with Gasteiger partial charge in [0.25, 0.3) is 0 Å². The minimum atomic E-state index is -1.18. The molecule has 7 N–H and O–H groups in total. The van der Waals surface area contributed by atoms with Gasteiger partial charge in [-0.25, -0.2) is 0 Å². The largest absolute Gasteiger partial charge is 0.480 e. The number of nitrogens with two attached hydrogens (primary N) is 3. The van der Waals surface area contributed by atoms with Crippen LogP contribution in [-0.4, -0.2) is 23.3 Å². The molecule has 0 aliphatic rings. The topological polar surface area (TPSA) is 115 Å². The molecule has 0 saturated carbocycles. The molecule has 48 valence electrons. The van der Waals surface area contributed by atoms with Crippen molar-refractivity contribution in [1.82, 2.24) is 0 Å². The van der Waals surface area contributed by atoms with Gasteiger partial charge in [0.1, 0.15) is 6.04 Å². The summed E-state index contributed by atoms with van der Waals surface area (Å²) in [6.07, 6.45) is -0.979. The van der Waals surface area contributed by atoms with Crippen LogP contribution in [0.1, 0.15) is 0 Å². The zero-order chi connectivity index (χ0) is 6.73. The van der Waals surface area contributed by atoms with Gasteiger partial charge in [0.05, 0.1) is 6.17 Å². The van der Waals surface area contributed by atoms with Gasteiger partial charge in [0, 0.05) is 0 Å². The van der Waals surface area contributed by atoms with E-state index in [0.29, 0.717) is 0 Å². The van der Waals surface area contributed by atoms with Gasteiger partial charge >= 0.3 is 5.97 Å². The Morgan fingerprint density at radius 1 is 1.38 bits per heavy atom. The average Bonchev–Trinajstić information content (AvgIpc) is 1.64. The number of carbonyl (C=O) groups is 1. The van der Waals surface area contributed by atoms with Crippen molar-refractivity contribution in [2.24, 2.45) is 17.2 Å². The molecular formula is C3H9N3O2. The van der Waals surface area contributed by atoms with Crippen LogP contribution in [0.3, 0.4) is 0 Å². The average molecular weight is 119 g/mol. The molecule has 5 heteroatoms. The van der Waals surface area contributed by atoms with E-state index in [-0.39, 0.29) is 0 Å². The Balaban J connectivity index is 3.64. The standard InChI is InChI=1S/C3H9N3O2/c4-1(2(5)6)3(7)8/h1-2H,4-6H2,(H,7,8). The molecule has 0 aromatic rings. The summed E-state index contributed by atoms with van der Waals surface area (Å²) in [6, 6.07) is -1.16. The van der Waals surface area contributed by atoms with E-state index in [1.54, 1.807) is 0 Å². The van der Waals surface area contributed by atoms with E-state index in [9.17, 15) is 4.79 Å². The summed E-state index contributed by atoms with van der Waals surface area (Å²) in [6.45, 7) is 0. The number of rotatable bonds is 2. The van der Waals surface area contributed by atoms with Gasteiger partial charge in [-0.3, -0.25) is 4.79 Å². The van der Waals surface area contributed by atoms with E-state index in [0.717, 1.165) is 0 Å². The molecule has 0 fully saturated rings. The Morgan fingerprint density at radius 2 is 1.75 bits per heavy atom. The Hall–Kier alpha value is -0.650. The predicted molar refractivity (Wildman–Crippen MR) is 27.8 cm³/mol. The molecule has 0 rings (SSSR count). The van der Waals surface area contributed by atoms with Gasteiger partial charge in [-0.1, -0.05) is 0 Å². The van der Waals surface area contributed by atoms with Gasteiger partial charge in [-0.15, -0.1) is 0 Å². The van der Waals surface area contributed by atoms with Crippen molar-refractivity contribution in [2.45, 2.75) is 12.2 Å². The van der Waals surface area contributed by atoms with Gasteiger partial charge in [0.2, 0.25) is 0 Å². The van der Waals surface area contributed by atoms with Crippen molar-refractivity contribution < 1.29 is 9.90 Å². The van der Waals surface area contributed by atoms with Crippen molar-refractivity contribution >= 4 is 5.97 Å². The second-order valence-electron chi connectivity index (χ2n) is 1.44. The predicted octanol–water partition coefficient (Wildman–Crippen LogP) is -2.36. The van der Waals surface area contributed by atoms with Crippen LogP contribution in [0.5, 0.6) is 0 Å². The molecule has 0 saturated heterocycles. The molecule has 0 aliphatic heterocycles. The molecule has 5 nitrogen and oxygen atoms in total. The maximum absolute atomic E-state index is 9.86. The Labute approximate surface area is 46.4 Å². The first-order chi connectivity index (χ1) is 3.55. The monoisotopic (exact) mass is 119 g/mol. The molecule has 0 bridgehead atoms. The number of carboxylic acid groups (broad SMARTS) is 1. The quantitative estimate of drug-likeness (QED) is 0.303. The summed E-state index contributed by atoms with van der Waals surface area (Å²) < 4.78 is 0. The van der Waals surface area contributed by atoms with Crippen molar-refractivity contribution in [3.63, 3.8) is 0 Å². The molecule has 0 aromatic carbocycles. The Bertz CT molecular complexity index is 92.5. The zero-order valence-electron chi connectivity index (χ0n) is 4.24. The molecule has 0 aliphatic carbocycles. The number of hydrogen-bond acceptors (Lipinski definition) is 4. The highest BCUT2D eigenvalue weighted by Crippen LogP contribution is 1.75. The number of carboxylic acids is 1. The molecular weight excluding hydrogens is 110 g/mol. The lowest BCUT2D eigenvalue weighted by molar-refractivity contribution is -0.138. The second kappa shape index (κ2) is 2.61. The normalized spacial score (nSPS) is 14.0. The Kier molecular flexibility index (Phi) is 2.40. The van der Waals surface area contributed by atoms with Crippen LogP contribution in [0.25, 0.3) is 0 Å². The van der Waals surface area contributed by atoms with Crippen LogP contribution >= 0.6 is 0 Å². The van der Waals surface area contributed by atoms with Crippen LogP contribution in [0, 0.1) is 0 Å². The van der Waals surface area contributed by atoms with Crippen molar-refractivity contribution in [3.05, 3.63) is 0 Å². The van der Waals surface area contributed by atoms with Crippen molar-refractivity contribution in [2.75, 3.05) is 0 Å². The second-order valence-corrected chi connectivity index (χ2v) is 1.44. The van der Waals surface area contributed by atoms with E-state index in [1.807, 2.05) is 0 Å². The lowest BCUT2D eigenvalue weighted by Crippen LogP contribution is -2.52. The highest BCUT2D eigenvalue weighted by Gasteiger charge is 2.15. The van der Waals surface area contributed by atoms with E-state index in [1.165, 1.54) is 0 Å². The van der Waals surface area contributed by atoms with Gasteiger partial charge in [-0.2, -0.15) is 0 Å². The zero-order valence-corrected chi connectivity index (χ0v) is 4.24. The molecule has 0 spiro atoms. The van der Waals surface area contributed by atoms with E-state index >= 15 is 0 Å². The molecule has 8 heavy (non-hydrogen) atoms. The summed E-state index contributed by atoms with van der Waals surface area (Å²) in [7, 11) is 0. The molecule has 0 radical (unpaired) electrons. The van der Waals surface area contributed by atoms with Crippen molar-refractivity contribution in [1.29, 1.82) is 0 Å². The lowest BCUT2D eigenvalue weighted by atomic mass is 10.3. The highest BCUT2D eigenvalue weighted by molar-refractivity contribution is 5.73. The molecule has 0 amide bonds. The minimum Gasteiger partial charge on any atom is -0.480 e. The summed E-state index contributed by atoms with van der Waals surface area (Å²) in [5.41, 5.74) is 14.7. The lowest BCUT2D eigenvalue weighted by Gasteiger charge is -2.08. The summed E-state index contributed by atoms with van der Waals surface area (Å²) in [5, 5.41) is 8.07. The fourth-order valence-electron chi connectivity index (χ4n) is 0.165. The minimum absolute atomic E-state index is 0.979. The first-order valence-electron chi connectivity index (χ1n) is 2.05. The van der Waals surface area contributed by atoms with Gasteiger partial charge in [-0.05, 0) is 0 Å². The third-order valence-corrected chi connectivity index (χ3v) is 0.700. The fraction of sp³-hybridized carbons (Fsp3) is 0.667. The molecule has 0 aromatic heterocycles. The molecule has 0 heterocycles. The van der Waals surface area contributed by atoms with E-state index in [2.05, 4.69) is 0 Å². The van der Waals surface area contributed by atoms with Crippen LogP contribution in [0.2, 0.25) is 0 Å². The number of hydrogen-bond donors (Lipinski definition) is 4. The summed E-state index contributed by atoms with van der Waals surface area (Å²) >= 11 is 0. The van der Waals surface area contributed by atoms with E-state index in [4.69, 9.17) is 22.3 Å². The van der Waals surface area contributed by atoms with Gasteiger partial charge < -0.3 is 22.3 Å². The maximum Gasteiger partial charge on any atom is 0.323 e. The SMILES string of the molecule is NC(N)C(N)C(=O)O. The summed E-state index contributed by atoms with van der Waals surface area (Å²) in [4.78, 5) is 9.86. The summed E-state index contributed by atoms with van der Waals surface area (Å²) in [5.74, 6) is -1.18. The first-order valence-corrected chi connectivity index (χ1v) is 2.05. The molecule has 1 atom stereocenters.